The van der Waals surface area contributed by atoms with E-state index in [-0.39, 0.29) is 6.03 Å². The van der Waals surface area contributed by atoms with Crippen molar-refractivity contribution in [2.75, 3.05) is 25.5 Å². The SMILES string of the molecule is CC.COc1ccc(CNC(=O)Nc2ccc(CN3CC(C)(C)C3)cc2)cc1. The lowest BCUT2D eigenvalue weighted by atomic mass is 9.84. The lowest BCUT2D eigenvalue weighted by Crippen LogP contribution is -2.52. The maximum absolute atomic E-state index is 12.0. The molecule has 3 rings (SSSR count). The molecule has 2 aromatic carbocycles. The van der Waals surface area contributed by atoms with Gasteiger partial charge in [-0.3, -0.25) is 4.90 Å². The molecular formula is C23H33N3O2. The number of rotatable bonds is 6. The fourth-order valence-electron chi connectivity index (χ4n) is 3.33. The first kappa shape index (κ1) is 21.8. The summed E-state index contributed by atoms with van der Waals surface area (Å²) in [6.07, 6.45) is 0. The van der Waals surface area contributed by atoms with Crippen LogP contribution in [-0.2, 0) is 13.1 Å². The normalized spacial score (nSPS) is 14.9. The number of carbonyl (C=O) groups is 1. The highest BCUT2D eigenvalue weighted by molar-refractivity contribution is 5.89. The van der Waals surface area contributed by atoms with Gasteiger partial charge in [0, 0.05) is 31.9 Å². The number of likely N-dealkylation sites (tertiary alicyclic amines) is 1. The molecule has 28 heavy (non-hydrogen) atoms. The molecule has 152 valence electrons. The van der Waals surface area contributed by atoms with Crippen molar-refractivity contribution in [3.63, 3.8) is 0 Å². The van der Waals surface area contributed by atoms with E-state index in [1.165, 1.54) is 5.56 Å². The van der Waals surface area contributed by atoms with Gasteiger partial charge in [-0.1, -0.05) is 52.0 Å². The standard InChI is InChI=1S/C21H27N3O2.C2H6/c1-21(2)14-24(15-21)13-17-4-8-18(9-5-17)23-20(25)22-12-16-6-10-19(26-3)11-7-16;1-2/h4-11H,12-15H2,1-3H3,(H2,22,23,25);1-2H3. The summed E-state index contributed by atoms with van der Waals surface area (Å²) >= 11 is 0. The fourth-order valence-corrected chi connectivity index (χ4v) is 3.33. The summed E-state index contributed by atoms with van der Waals surface area (Å²) < 4.78 is 5.13. The van der Waals surface area contributed by atoms with E-state index in [2.05, 4.69) is 41.5 Å². The monoisotopic (exact) mass is 383 g/mol. The number of anilines is 1. The Labute approximate surface area is 169 Å². The molecule has 2 amide bonds. The molecule has 0 aliphatic carbocycles. The van der Waals surface area contributed by atoms with Crippen LogP contribution in [0.4, 0.5) is 10.5 Å². The van der Waals surface area contributed by atoms with Crippen LogP contribution in [0.2, 0.25) is 0 Å². The fraction of sp³-hybridized carbons (Fsp3) is 0.435. The first-order chi connectivity index (χ1) is 13.4. The number of ether oxygens (including phenoxy) is 1. The van der Waals surface area contributed by atoms with Crippen molar-refractivity contribution in [2.24, 2.45) is 5.41 Å². The van der Waals surface area contributed by atoms with Gasteiger partial charge in [-0.25, -0.2) is 4.79 Å². The van der Waals surface area contributed by atoms with Crippen LogP contribution in [-0.4, -0.2) is 31.1 Å². The third-order valence-corrected chi connectivity index (χ3v) is 4.53. The smallest absolute Gasteiger partial charge is 0.319 e. The van der Waals surface area contributed by atoms with Crippen LogP contribution in [0.25, 0.3) is 0 Å². The van der Waals surface area contributed by atoms with Crippen molar-refractivity contribution in [3.8, 4) is 5.75 Å². The van der Waals surface area contributed by atoms with E-state index in [9.17, 15) is 4.79 Å². The highest BCUT2D eigenvalue weighted by atomic mass is 16.5. The zero-order valence-electron chi connectivity index (χ0n) is 17.7. The second-order valence-electron chi connectivity index (χ2n) is 7.66. The lowest BCUT2D eigenvalue weighted by Gasteiger charge is -2.46. The van der Waals surface area contributed by atoms with E-state index < -0.39 is 0 Å². The van der Waals surface area contributed by atoms with Gasteiger partial charge in [-0.05, 0) is 40.8 Å². The Kier molecular flexibility index (Phi) is 7.88. The molecule has 0 unspecified atom stereocenters. The van der Waals surface area contributed by atoms with Crippen LogP contribution in [0.5, 0.6) is 5.75 Å². The first-order valence-corrected chi connectivity index (χ1v) is 9.93. The quantitative estimate of drug-likeness (QED) is 0.747. The summed E-state index contributed by atoms with van der Waals surface area (Å²) in [5.74, 6) is 0.806. The largest absolute Gasteiger partial charge is 0.497 e. The molecule has 1 aliphatic rings. The number of nitrogens with one attached hydrogen (secondary N) is 2. The van der Waals surface area contributed by atoms with E-state index >= 15 is 0 Å². The van der Waals surface area contributed by atoms with Gasteiger partial charge in [-0.15, -0.1) is 0 Å². The van der Waals surface area contributed by atoms with Gasteiger partial charge in [0.15, 0.2) is 0 Å². The predicted molar refractivity (Wildman–Crippen MR) is 116 cm³/mol. The zero-order chi connectivity index (χ0) is 20.6. The zero-order valence-corrected chi connectivity index (χ0v) is 17.7. The Balaban J connectivity index is 0.00000136. The predicted octanol–water partition coefficient (Wildman–Crippen LogP) is 4.88. The number of hydrogen-bond acceptors (Lipinski definition) is 3. The van der Waals surface area contributed by atoms with Gasteiger partial charge in [0.05, 0.1) is 7.11 Å². The second kappa shape index (κ2) is 10.1. The number of amides is 2. The van der Waals surface area contributed by atoms with Gasteiger partial charge in [-0.2, -0.15) is 0 Å². The van der Waals surface area contributed by atoms with Gasteiger partial charge < -0.3 is 15.4 Å². The van der Waals surface area contributed by atoms with Crippen LogP contribution in [0.15, 0.2) is 48.5 Å². The number of nitrogens with zero attached hydrogens (tertiary/aromatic N) is 1. The number of methoxy groups -OCH3 is 1. The topological polar surface area (TPSA) is 53.6 Å². The molecule has 1 fully saturated rings. The average molecular weight is 384 g/mol. The maximum atomic E-state index is 12.0. The Bertz CT molecular complexity index is 731. The molecule has 0 radical (unpaired) electrons. The van der Waals surface area contributed by atoms with Gasteiger partial charge in [0.2, 0.25) is 0 Å². The third-order valence-electron chi connectivity index (χ3n) is 4.53. The summed E-state index contributed by atoms with van der Waals surface area (Å²) in [7, 11) is 1.64. The minimum Gasteiger partial charge on any atom is -0.497 e. The number of hydrogen-bond donors (Lipinski definition) is 2. The Morgan fingerprint density at radius 2 is 1.57 bits per heavy atom. The number of benzene rings is 2. The highest BCUT2D eigenvalue weighted by Crippen LogP contribution is 2.30. The molecule has 5 nitrogen and oxygen atoms in total. The second-order valence-corrected chi connectivity index (χ2v) is 7.66. The van der Waals surface area contributed by atoms with E-state index in [0.29, 0.717) is 12.0 Å². The summed E-state index contributed by atoms with van der Waals surface area (Å²) in [6, 6.07) is 15.5. The van der Waals surface area contributed by atoms with Crippen LogP contribution in [0.1, 0.15) is 38.8 Å². The molecule has 5 heteroatoms. The van der Waals surface area contributed by atoms with E-state index in [4.69, 9.17) is 4.74 Å². The summed E-state index contributed by atoms with van der Waals surface area (Å²) in [5, 5.41) is 5.73. The van der Waals surface area contributed by atoms with Crippen LogP contribution < -0.4 is 15.4 Å². The molecule has 1 heterocycles. The minimum atomic E-state index is -0.210. The summed E-state index contributed by atoms with van der Waals surface area (Å²) in [4.78, 5) is 14.5. The van der Waals surface area contributed by atoms with Crippen LogP contribution in [0, 0.1) is 5.41 Å². The lowest BCUT2D eigenvalue weighted by molar-refractivity contribution is 0.0242. The van der Waals surface area contributed by atoms with Crippen LogP contribution in [0.3, 0.4) is 0 Å². The van der Waals surface area contributed by atoms with Gasteiger partial charge >= 0.3 is 6.03 Å². The molecule has 0 saturated carbocycles. The van der Waals surface area contributed by atoms with Crippen molar-refractivity contribution >= 4 is 11.7 Å². The molecule has 0 aromatic heterocycles. The molecule has 2 N–H and O–H groups in total. The van der Waals surface area contributed by atoms with Gasteiger partial charge in [0.1, 0.15) is 5.75 Å². The van der Waals surface area contributed by atoms with Crippen molar-refractivity contribution in [1.82, 2.24) is 10.2 Å². The van der Waals surface area contributed by atoms with E-state index in [1.54, 1.807) is 7.11 Å². The molecule has 0 atom stereocenters. The average Bonchev–Trinajstić information content (AvgIpc) is 2.68. The van der Waals surface area contributed by atoms with Gasteiger partial charge in [0.25, 0.3) is 0 Å². The molecule has 1 aliphatic heterocycles. The maximum Gasteiger partial charge on any atom is 0.319 e. The Morgan fingerprint density at radius 1 is 1.00 bits per heavy atom. The molecule has 2 aromatic rings. The first-order valence-electron chi connectivity index (χ1n) is 9.93. The van der Waals surface area contributed by atoms with Crippen LogP contribution >= 0.6 is 0 Å². The number of carbonyl (C=O) groups excluding carboxylic acids is 1. The number of urea groups is 1. The molecular weight excluding hydrogens is 350 g/mol. The van der Waals surface area contributed by atoms with E-state index in [0.717, 1.165) is 36.6 Å². The molecule has 1 saturated heterocycles. The minimum absolute atomic E-state index is 0.210. The Hall–Kier alpha value is -2.53. The highest BCUT2D eigenvalue weighted by Gasteiger charge is 2.33. The summed E-state index contributed by atoms with van der Waals surface area (Å²) in [5.41, 5.74) is 3.53. The Morgan fingerprint density at radius 3 is 2.11 bits per heavy atom. The van der Waals surface area contributed by atoms with Crippen molar-refractivity contribution < 1.29 is 9.53 Å². The third kappa shape index (κ3) is 6.57. The van der Waals surface area contributed by atoms with Crippen molar-refractivity contribution in [3.05, 3.63) is 59.7 Å². The van der Waals surface area contributed by atoms with E-state index in [1.807, 2.05) is 50.2 Å². The van der Waals surface area contributed by atoms with Crippen molar-refractivity contribution in [2.45, 2.75) is 40.8 Å². The van der Waals surface area contributed by atoms with Crippen molar-refractivity contribution in [1.29, 1.82) is 0 Å². The summed E-state index contributed by atoms with van der Waals surface area (Å²) in [6.45, 7) is 12.3. The molecule has 0 bridgehead atoms. The molecule has 0 spiro atoms.